The zero-order valence-corrected chi connectivity index (χ0v) is 11.4. The predicted molar refractivity (Wildman–Crippen MR) is 73.9 cm³/mol. The molecule has 0 aromatic heterocycles. The highest BCUT2D eigenvalue weighted by Crippen LogP contribution is 2.26. The van der Waals surface area contributed by atoms with Crippen molar-refractivity contribution < 1.29 is 19.0 Å². The third-order valence-corrected chi connectivity index (χ3v) is 3.04. The maximum atomic E-state index is 13.5. The molecule has 0 saturated carbocycles. The zero-order chi connectivity index (χ0) is 14.7. The first-order valence-electron chi connectivity index (χ1n) is 5.88. The number of aryl methyl sites for hydroxylation is 1. The first-order chi connectivity index (χ1) is 9.47. The summed E-state index contributed by atoms with van der Waals surface area (Å²) in [5.41, 5.74) is 1.19. The van der Waals surface area contributed by atoms with Gasteiger partial charge >= 0.3 is 5.97 Å². The molecule has 2 aromatic rings. The Kier molecular flexibility index (Phi) is 4.25. The normalized spacial score (nSPS) is 10.3. The lowest BCUT2D eigenvalue weighted by Crippen LogP contribution is -2.03. The minimum absolute atomic E-state index is 0.111. The second kappa shape index (κ2) is 5.92. The Morgan fingerprint density at radius 3 is 2.65 bits per heavy atom. The van der Waals surface area contributed by atoms with Crippen LogP contribution in [0.3, 0.4) is 0 Å². The van der Waals surface area contributed by atoms with Gasteiger partial charge in [-0.25, -0.2) is 9.18 Å². The molecule has 0 atom stereocenters. The summed E-state index contributed by atoms with van der Waals surface area (Å²) < 4.78 is 19.0. The molecule has 0 aliphatic rings. The van der Waals surface area contributed by atoms with Gasteiger partial charge in [0.2, 0.25) is 0 Å². The summed E-state index contributed by atoms with van der Waals surface area (Å²) in [7, 11) is 0. The topological polar surface area (TPSA) is 46.5 Å². The number of benzene rings is 2. The Bertz CT molecular complexity index is 656. The fourth-order valence-corrected chi connectivity index (χ4v) is 2.00. The SMILES string of the molecule is Cc1ccc(OCc2ccc(C(=O)O)c(F)c2)c(Cl)c1. The largest absolute Gasteiger partial charge is 0.487 e. The fourth-order valence-electron chi connectivity index (χ4n) is 1.71. The van der Waals surface area contributed by atoms with E-state index in [1.807, 2.05) is 13.0 Å². The molecule has 2 rings (SSSR count). The second-order valence-electron chi connectivity index (χ2n) is 4.34. The van der Waals surface area contributed by atoms with Crippen LogP contribution in [0.15, 0.2) is 36.4 Å². The molecule has 104 valence electrons. The van der Waals surface area contributed by atoms with Gasteiger partial charge in [0.15, 0.2) is 0 Å². The molecule has 0 amide bonds. The van der Waals surface area contributed by atoms with Gasteiger partial charge in [-0.05, 0) is 42.3 Å². The van der Waals surface area contributed by atoms with Crippen LogP contribution in [0.4, 0.5) is 4.39 Å². The summed E-state index contributed by atoms with van der Waals surface area (Å²) in [6.07, 6.45) is 0. The van der Waals surface area contributed by atoms with Crippen molar-refractivity contribution >= 4 is 17.6 Å². The van der Waals surface area contributed by atoms with Crippen LogP contribution in [0.2, 0.25) is 5.02 Å². The van der Waals surface area contributed by atoms with Crippen molar-refractivity contribution in [1.29, 1.82) is 0 Å². The lowest BCUT2D eigenvalue weighted by Gasteiger charge is -2.09. The van der Waals surface area contributed by atoms with Crippen LogP contribution in [-0.4, -0.2) is 11.1 Å². The molecule has 1 N–H and O–H groups in total. The number of halogens is 2. The Morgan fingerprint density at radius 1 is 1.30 bits per heavy atom. The van der Waals surface area contributed by atoms with Gasteiger partial charge in [-0.15, -0.1) is 0 Å². The van der Waals surface area contributed by atoms with Crippen molar-refractivity contribution in [2.24, 2.45) is 0 Å². The van der Waals surface area contributed by atoms with Crippen molar-refractivity contribution in [2.75, 3.05) is 0 Å². The zero-order valence-electron chi connectivity index (χ0n) is 10.7. The standard InChI is InChI=1S/C15H12ClFO3/c1-9-2-5-14(12(16)6-9)20-8-10-3-4-11(15(18)19)13(17)7-10/h2-7H,8H2,1H3,(H,18,19). The molecule has 0 aliphatic carbocycles. The van der Waals surface area contributed by atoms with Crippen LogP contribution in [-0.2, 0) is 6.61 Å². The Morgan fingerprint density at radius 2 is 2.05 bits per heavy atom. The van der Waals surface area contributed by atoms with E-state index in [1.54, 1.807) is 12.1 Å². The maximum Gasteiger partial charge on any atom is 0.338 e. The monoisotopic (exact) mass is 294 g/mol. The quantitative estimate of drug-likeness (QED) is 0.925. The van der Waals surface area contributed by atoms with E-state index in [-0.39, 0.29) is 12.2 Å². The van der Waals surface area contributed by atoms with Gasteiger partial charge in [-0.1, -0.05) is 23.7 Å². The fraction of sp³-hybridized carbons (Fsp3) is 0.133. The second-order valence-corrected chi connectivity index (χ2v) is 4.75. The van der Waals surface area contributed by atoms with Gasteiger partial charge in [0, 0.05) is 0 Å². The molecule has 0 aliphatic heterocycles. The molecule has 0 saturated heterocycles. The van der Waals surface area contributed by atoms with Gasteiger partial charge in [-0.2, -0.15) is 0 Å². The molecule has 0 unspecified atom stereocenters. The summed E-state index contributed by atoms with van der Waals surface area (Å²) in [5.74, 6) is -1.58. The predicted octanol–water partition coefficient (Wildman–Crippen LogP) is 4.06. The van der Waals surface area contributed by atoms with Crippen molar-refractivity contribution in [1.82, 2.24) is 0 Å². The van der Waals surface area contributed by atoms with E-state index in [1.165, 1.54) is 12.1 Å². The summed E-state index contributed by atoms with van der Waals surface area (Å²) in [6.45, 7) is 2.02. The van der Waals surface area contributed by atoms with Crippen LogP contribution in [0, 0.1) is 12.7 Å². The lowest BCUT2D eigenvalue weighted by molar-refractivity contribution is 0.0692. The van der Waals surface area contributed by atoms with Gasteiger partial charge in [0.25, 0.3) is 0 Å². The van der Waals surface area contributed by atoms with Gasteiger partial charge in [0.1, 0.15) is 18.2 Å². The number of carbonyl (C=O) groups is 1. The number of carboxylic acids is 1. The lowest BCUT2D eigenvalue weighted by atomic mass is 10.1. The molecule has 0 spiro atoms. The number of aromatic carboxylic acids is 1. The first kappa shape index (κ1) is 14.3. The first-order valence-corrected chi connectivity index (χ1v) is 6.26. The summed E-state index contributed by atoms with van der Waals surface area (Å²) in [6, 6.07) is 9.23. The Labute approximate surface area is 120 Å². The third-order valence-electron chi connectivity index (χ3n) is 2.75. The van der Waals surface area contributed by atoms with Crippen LogP contribution in [0.1, 0.15) is 21.5 Å². The Hall–Kier alpha value is -2.07. The van der Waals surface area contributed by atoms with Crippen LogP contribution < -0.4 is 4.74 Å². The van der Waals surface area contributed by atoms with E-state index in [4.69, 9.17) is 21.4 Å². The smallest absolute Gasteiger partial charge is 0.338 e. The van der Waals surface area contributed by atoms with Crippen LogP contribution in [0.5, 0.6) is 5.75 Å². The molecule has 3 nitrogen and oxygen atoms in total. The highest BCUT2D eigenvalue weighted by Gasteiger charge is 2.11. The van der Waals surface area contributed by atoms with Gasteiger partial charge in [0.05, 0.1) is 10.6 Å². The van der Waals surface area contributed by atoms with Crippen molar-refractivity contribution in [3.8, 4) is 5.75 Å². The van der Waals surface area contributed by atoms with Crippen molar-refractivity contribution in [3.63, 3.8) is 0 Å². The number of hydrogen-bond acceptors (Lipinski definition) is 2. The molecule has 5 heteroatoms. The third kappa shape index (κ3) is 3.27. The summed E-state index contributed by atoms with van der Waals surface area (Å²) in [4.78, 5) is 10.7. The van der Waals surface area contributed by atoms with Gasteiger partial charge < -0.3 is 9.84 Å². The minimum atomic E-state index is -1.29. The highest BCUT2D eigenvalue weighted by atomic mass is 35.5. The molecular weight excluding hydrogens is 283 g/mol. The van der Waals surface area contributed by atoms with E-state index in [9.17, 15) is 9.18 Å². The number of ether oxygens (including phenoxy) is 1. The van der Waals surface area contributed by atoms with Crippen molar-refractivity contribution in [3.05, 3.63) is 63.9 Å². The average molecular weight is 295 g/mol. The van der Waals surface area contributed by atoms with E-state index >= 15 is 0 Å². The van der Waals surface area contributed by atoms with Crippen LogP contribution in [0.25, 0.3) is 0 Å². The van der Waals surface area contributed by atoms with E-state index in [2.05, 4.69) is 0 Å². The van der Waals surface area contributed by atoms with E-state index in [0.717, 1.165) is 11.6 Å². The number of rotatable bonds is 4. The van der Waals surface area contributed by atoms with Crippen molar-refractivity contribution in [2.45, 2.75) is 13.5 Å². The molecule has 20 heavy (non-hydrogen) atoms. The van der Waals surface area contributed by atoms with E-state index in [0.29, 0.717) is 16.3 Å². The van der Waals surface area contributed by atoms with Gasteiger partial charge in [-0.3, -0.25) is 0 Å². The maximum absolute atomic E-state index is 13.5. The molecular formula is C15H12ClFO3. The summed E-state index contributed by atoms with van der Waals surface area (Å²) in [5, 5.41) is 9.22. The average Bonchev–Trinajstić information content (AvgIpc) is 2.37. The molecule has 0 heterocycles. The Balaban J connectivity index is 2.11. The van der Waals surface area contributed by atoms with Crippen LogP contribution >= 0.6 is 11.6 Å². The molecule has 0 fully saturated rings. The number of carboxylic acid groups (broad SMARTS) is 1. The molecule has 0 radical (unpaired) electrons. The summed E-state index contributed by atoms with van der Waals surface area (Å²) >= 11 is 6.02. The molecule has 0 bridgehead atoms. The molecule has 2 aromatic carbocycles. The minimum Gasteiger partial charge on any atom is -0.487 e. The highest BCUT2D eigenvalue weighted by molar-refractivity contribution is 6.32. The van der Waals surface area contributed by atoms with E-state index < -0.39 is 11.8 Å². The number of hydrogen-bond donors (Lipinski definition) is 1.